The van der Waals surface area contributed by atoms with Crippen molar-refractivity contribution in [3.05, 3.63) is 192 Å². The summed E-state index contributed by atoms with van der Waals surface area (Å²) in [4.78, 5) is 0. The van der Waals surface area contributed by atoms with E-state index >= 15 is 0 Å². The molecule has 8 aromatic carbocycles. The van der Waals surface area contributed by atoms with E-state index in [0.29, 0.717) is 0 Å². The van der Waals surface area contributed by atoms with Crippen molar-refractivity contribution >= 4 is 28.8 Å². The average Bonchev–Trinajstić information content (AvgIpc) is 3.64. The van der Waals surface area contributed by atoms with Crippen molar-refractivity contribution in [1.29, 1.82) is 0 Å². The molecule has 0 aromatic heterocycles. The van der Waals surface area contributed by atoms with Gasteiger partial charge in [-0.25, -0.2) is 0 Å². The summed E-state index contributed by atoms with van der Waals surface area (Å²) in [6, 6.07) is 65.5. The summed E-state index contributed by atoms with van der Waals surface area (Å²) in [6.45, 7) is 8.67. The number of benzene rings is 8. The summed E-state index contributed by atoms with van der Waals surface area (Å²) in [5, 5.41) is 5.98. The highest BCUT2D eigenvalue weighted by Crippen LogP contribution is 2.40. The van der Waals surface area contributed by atoms with Crippen molar-refractivity contribution in [3.8, 4) is 66.8 Å². The van der Waals surface area contributed by atoms with Crippen molar-refractivity contribution in [2.75, 3.05) is 0 Å². The van der Waals surface area contributed by atoms with Gasteiger partial charge in [0, 0.05) is 0 Å². The normalized spacial score (nSPS) is 13.1. The average molecular weight is 693 g/mol. The van der Waals surface area contributed by atoms with Gasteiger partial charge in [0.1, 0.15) is 0 Å². The first-order valence-electron chi connectivity index (χ1n) is 18.7. The molecule has 2 heterocycles. The zero-order valence-electron chi connectivity index (χ0n) is 30.7. The van der Waals surface area contributed by atoms with Gasteiger partial charge in [-0.2, -0.15) is 0 Å². The van der Waals surface area contributed by atoms with Crippen molar-refractivity contribution in [2.24, 2.45) is 0 Å². The lowest BCUT2D eigenvalue weighted by atomic mass is 9.97. The number of aryl methyl sites for hydroxylation is 4. The maximum atomic E-state index is 2.56. The number of hydrogen-bond acceptors (Lipinski definition) is 0. The van der Waals surface area contributed by atoms with Crippen LogP contribution in [0, 0.1) is 27.7 Å². The molecular weight excluding hydrogens is 653 g/mol. The van der Waals surface area contributed by atoms with E-state index in [0.717, 1.165) is 0 Å². The van der Waals surface area contributed by atoms with Crippen LogP contribution in [0.2, 0.25) is 0 Å². The number of rotatable bonds is 4. The second-order valence-corrected chi connectivity index (χ2v) is 18.9. The summed E-state index contributed by atoms with van der Waals surface area (Å²) >= 11 is 0. The van der Waals surface area contributed by atoms with Crippen LogP contribution in [0.25, 0.3) is 66.8 Å². The van der Waals surface area contributed by atoms with E-state index < -0.39 is 8.07 Å². The summed E-state index contributed by atoms with van der Waals surface area (Å²) in [6.07, 6.45) is 0. The molecule has 0 radical (unpaired) electrons. The first kappa shape index (κ1) is 31.7. The predicted molar refractivity (Wildman–Crippen MR) is 229 cm³/mol. The first-order valence-corrected chi connectivity index (χ1v) is 20.7. The number of fused-ring (bicyclic) bond motifs is 10. The van der Waals surface area contributed by atoms with Crippen molar-refractivity contribution in [2.45, 2.75) is 27.7 Å². The topological polar surface area (TPSA) is 0 Å². The molecule has 2 aliphatic rings. The zero-order chi connectivity index (χ0) is 35.8. The highest BCUT2D eigenvalue weighted by molar-refractivity contribution is 7.24. The fraction of sp³-hybridized carbons (Fsp3) is 0.0769. The third-order valence-corrected chi connectivity index (χ3v) is 16.7. The molecule has 0 saturated heterocycles. The quantitative estimate of drug-likeness (QED) is 0.161. The fourth-order valence-corrected chi connectivity index (χ4v) is 14.6. The van der Waals surface area contributed by atoms with Crippen LogP contribution in [0.3, 0.4) is 0 Å². The maximum Gasteiger partial charge on any atom is 0.182 e. The van der Waals surface area contributed by atoms with E-state index in [1.54, 1.807) is 0 Å². The standard InChI is InChI=1S/C52H40Si/c1-33-5-13-37(14-6-33)41-21-25-45-46-26-22-42(38-15-7-34(2)8-16-38)30-50(46)53(49(45)29-41)51-31-43(39-17-9-35(3)10-18-39)23-27-47(51)48-28-24-44(32-52(48)53)40-19-11-36(4)12-20-40/h5-32H,1-4H3. The van der Waals surface area contributed by atoms with E-state index in [2.05, 4.69) is 198 Å². The van der Waals surface area contributed by atoms with Gasteiger partial charge in [0.2, 0.25) is 0 Å². The molecule has 0 amide bonds. The fourth-order valence-electron chi connectivity index (χ4n) is 8.93. The first-order chi connectivity index (χ1) is 25.9. The van der Waals surface area contributed by atoms with Gasteiger partial charge in [0.05, 0.1) is 0 Å². The molecule has 8 aromatic rings. The zero-order valence-corrected chi connectivity index (χ0v) is 31.7. The molecule has 2 aliphatic heterocycles. The van der Waals surface area contributed by atoms with Gasteiger partial charge in [0.25, 0.3) is 0 Å². The molecule has 0 aliphatic carbocycles. The lowest BCUT2D eigenvalue weighted by molar-refractivity contribution is 1.47. The summed E-state index contributed by atoms with van der Waals surface area (Å²) in [5.74, 6) is 0. The van der Waals surface area contributed by atoms with E-state index in [1.165, 1.54) is 110 Å². The molecule has 0 N–H and O–H groups in total. The third-order valence-electron chi connectivity index (χ3n) is 11.8. The van der Waals surface area contributed by atoms with E-state index in [9.17, 15) is 0 Å². The van der Waals surface area contributed by atoms with Crippen LogP contribution in [0.4, 0.5) is 0 Å². The van der Waals surface area contributed by atoms with Crippen LogP contribution in [0.1, 0.15) is 22.3 Å². The minimum Gasteiger partial charge on any atom is -0.0587 e. The second-order valence-electron chi connectivity index (χ2n) is 15.3. The Bertz CT molecular complexity index is 2330. The van der Waals surface area contributed by atoms with Crippen LogP contribution >= 0.6 is 0 Å². The van der Waals surface area contributed by atoms with E-state index in [1.807, 2.05) is 0 Å². The van der Waals surface area contributed by atoms with Gasteiger partial charge in [-0.1, -0.05) is 192 Å². The Morgan fingerprint density at radius 3 is 0.623 bits per heavy atom. The second kappa shape index (κ2) is 12.0. The van der Waals surface area contributed by atoms with Crippen molar-refractivity contribution in [1.82, 2.24) is 0 Å². The molecule has 0 fully saturated rings. The van der Waals surface area contributed by atoms with Gasteiger partial charge < -0.3 is 0 Å². The Hall–Kier alpha value is -6.02. The third kappa shape index (κ3) is 4.95. The molecule has 1 spiro atoms. The molecule has 0 bridgehead atoms. The lowest BCUT2D eigenvalue weighted by Crippen LogP contribution is -2.70. The van der Waals surface area contributed by atoms with Gasteiger partial charge in [0.15, 0.2) is 8.07 Å². The summed E-state index contributed by atoms with van der Waals surface area (Å²) in [5.41, 5.74) is 20.8. The van der Waals surface area contributed by atoms with Crippen molar-refractivity contribution < 1.29 is 0 Å². The largest absolute Gasteiger partial charge is 0.182 e. The Labute approximate surface area is 314 Å². The van der Waals surface area contributed by atoms with Crippen LogP contribution in [0.15, 0.2) is 170 Å². The van der Waals surface area contributed by atoms with Gasteiger partial charge >= 0.3 is 0 Å². The Morgan fingerprint density at radius 1 is 0.226 bits per heavy atom. The molecular formula is C52H40Si. The van der Waals surface area contributed by atoms with E-state index in [-0.39, 0.29) is 0 Å². The smallest absolute Gasteiger partial charge is 0.0587 e. The van der Waals surface area contributed by atoms with Gasteiger partial charge in [-0.3, -0.25) is 0 Å². The van der Waals surface area contributed by atoms with E-state index in [4.69, 9.17) is 0 Å². The SMILES string of the molecule is Cc1ccc(-c2ccc3c(c2)[Si]2(c4cc(-c5ccc(C)cc5)ccc4-3)c3cc(-c4ccc(C)cc4)ccc3-c3ccc(-c4ccc(C)cc4)cc32)cc1. The van der Waals surface area contributed by atoms with Crippen LogP contribution in [-0.4, -0.2) is 8.07 Å². The Kier molecular flexibility index (Phi) is 7.19. The molecule has 53 heavy (non-hydrogen) atoms. The molecule has 252 valence electrons. The Morgan fingerprint density at radius 2 is 0.415 bits per heavy atom. The molecule has 0 atom stereocenters. The Balaban J connectivity index is 1.31. The lowest BCUT2D eigenvalue weighted by Gasteiger charge is -2.29. The van der Waals surface area contributed by atoms with Crippen LogP contribution < -0.4 is 20.7 Å². The number of hydrogen-bond donors (Lipinski definition) is 0. The molecule has 0 nitrogen and oxygen atoms in total. The predicted octanol–water partition coefficient (Wildman–Crippen LogP) is 10.9. The molecule has 0 saturated carbocycles. The molecule has 10 rings (SSSR count). The summed E-state index contributed by atoms with van der Waals surface area (Å²) in [7, 11) is -2.85. The minimum atomic E-state index is -2.85. The van der Waals surface area contributed by atoms with Crippen molar-refractivity contribution in [3.63, 3.8) is 0 Å². The highest BCUT2D eigenvalue weighted by atomic mass is 28.3. The molecule has 0 unspecified atom stereocenters. The van der Waals surface area contributed by atoms with Gasteiger partial charge in [-0.15, -0.1) is 0 Å². The van der Waals surface area contributed by atoms with Crippen LogP contribution in [0.5, 0.6) is 0 Å². The highest BCUT2D eigenvalue weighted by Gasteiger charge is 2.54. The molecule has 1 heteroatoms. The van der Waals surface area contributed by atoms with Crippen LogP contribution in [-0.2, 0) is 0 Å². The minimum absolute atomic E-state index is 1.26. The summed E-state index contributed by atoms with van der Waals surface area (Å²) < 4.78 is 0. The monoisotopic (exact) mass is 692 g/mol. The van der Waals surface area contributed by atoms with Gasteiger partial charge in [-0.05, 0) is 115 Å². The maximum absolute atomic E-state index is 2.85.